The Morgan fingerprint density at radius 1 is 1.11 bits per heavy atom. The number of hydrogen-bond donors (Lipinski definition) is 1. The average Bonchev–Trinajstić information content (AvgIpc) is 2.44. The second-order valence-electron chi connectivity index (χ2n) is 3.90. The minimum absolute atomic E-state index is 0.0309. The third kappa shape index (κ3) is 3.48. The zero-order chi connectivity index (χ0) is 13.8. The Morgan fingerprint density at radius 3 is 2.42 bits per heavy atom. The van der Waals surface area contributed by atoms with E-state index in [-0.39, 0.29) is 16.6 Å². The Bertz CT molecular complexity index is 572. The molecule has 1 N–H and O–H groups in total. The molecule has 0 atom stereocenters. The predicted molar refractivity (Wildman–Crippen MR) is 79.6 cm³/mol. The fourth-order valence-corrected chi connectivity index (χ4v) is 2.41. The van der Waals surface area contributed by atoms with Crippen LogP contribution in [0.4, 0.5) is 14.5 Å². The van der Waals surface area contributed by atoms with Crippen LogP contribution in [0.25, 0.3) is 0 Å². The smallest absolute Gasteiger partial charge is 0.145 e. The highest BCUT2D eigenvalue weighted by molar-refractivity contribution is 9.10. The quantitative estimate of drug-likeness (QED) is 0.615. The molecule has 0 radical (unpaired) electrons. The number of nitrogens with one attached hydrogen (secondary N) is 1. The molecule has 0 bridgehead atoms. The highest BCUT2D eigenvalue weighted by Gasteiger charge is 2.11. The van der Waals surface area contributed by atoms with Gasteiger partial charge in [0.05, 0.1) is 4.47 Å². The molecule has 2 rings (SSSR count). The van der Waals surface area contributed by atoms with Crippen molar-refractivity contribution in [1.82, 2.24) is 0 Å². The van der Waals surface area contributed by atoms with Crippen molar-refractivity contribution in [3.8, 4) is 0 Å². The highest BCUT2D eigenvalue weighted by atomic mass is 79.9. The van der Waals surface area contributed by atoms with Gasteiger partial charge in [0.2, 0.25) is 0 Å². The number of hydrogen-bond acceptors (Lipinski definition) is 2. The lowest BCUT2D eigenvalue weighted by Crippen LogP contribution is -2.05. The lowest BCUT2D eigenvalue weighted by molar-refractivity contribution is 0.555. The molecule has 0 saturated carbocycles. The molecule has 0 saturated heterocycles. The van der Waals surface area contributed by atoms with E-state index in [0.29, 0.717) is 0 Å². The van der Waals surface area contributed by atoms with Crippen LogP contribution in [-0.2, 0) is 6.54 Å². The van der Waals surface area contributed by atoms with Crippen LogP contribution in [0.3, 0.4) is 0 Å². The molecule has 2 aromatic carbocycles. The normalized spacial score (nSPS) is 10.5. The first-order valence-electron chi connectivity index (χ1n) is 5.62. The first kappa shape index (κ1) is 14.3. The van der Waals surface area contributed by atoms with Crippen LogP contribution in [0.1, 0.15) is 5.56 Å². The van der Waals surface area contributed by atoms with Gasteiger partial charge in [0.15, 0.2) is 0 Å². The summed E-state index contributed by atoms with van der Waals surface area (Å²) in [6, 6.07) is 10.3. The summed E-state index contributed by atoms with van der Waals surface area (Å²) in [7, 11) is 0. The van der Waals surface area contributed by atoms with Crippen LogP contribution < -0.4 is 5.32 Å². The van der Waals surface area contributed by atoms with E-state index in [1.54, 1.807) is 11.8 Å². The summed E-state index contributed by atoms with van der Waals surface area (Å²) >= 11 is 4.70. The van der Waals surface area contributed by atoms with Crippen molar-refractivity contribution in [2.45, 2.75) is 11.4 Å². The molecule has 0 aliphatic heterocycles. The summed E-state index contributed by atoms with van der Waals surface area (Å²) < 4.78 is 27.6. The van der Waals surface area contributed by atoms with Gasteiger partial charge in [-0.25, -0.2) is 8.78 Å². The van der Waals surface area contributed by atoms with Gasteiger partial charge in [-0.2, -0.15) is 0 Å². The summed E-state index contributed by atoms with van der Waals surface area (Å²) in [4.78, 5) is 1.14. The van der Waals surface area contributed by atoms with Gasteiger partial charge in [0, 0.05) is 22.7 Å². The third-order valence-corrected chi connectivity index (χ3v) is 4.05. The molecule has 0 aromatic heterocycles. The summed E-state index contributed by atoms with van der Waals surface area (Å²) in [5, 5.41) is 3.01. The van der Waals surface area contributed by atoms with Crippen molar-refractivity contribution in [3.05, 3.63) is 58.1 Å². The van der Waals surface area contributed by atoms with Gasteiger partial charge in [-0.3, -0.25) is 0 Å². The highest BCUT2D eigenvalue weighted by Crippen LogP contribution is 2.23. The maximum atomic E-state index is 13.8. The summed E-state index contributed by atoms with van der Waals surface area (Å²) in [6.07, 6.45) is 1.99. The van der Waals surface area contributed by atoms with Crippen LogP contribution in [-0.4, -0.2) is 6.26 Å². The number of rotatable bonds is 4. The molecule has 5 heteroatoms. The second-order valence-corrected chi connectivity index (χ2v) is 5.64. The van der Waals surface area contributed by atoms with Crippen LogP contribution in [0.5, 0.6) is 0 Å². The van der Waals surface area contributed by atoms with Crippen molar-refractivity contribution in [3.63, 3.8) is 0 Å². The first-order chi connectivity index (χ1) is 9.11. The van der Waals surface area contributed by atoms with Crippen LogP contribution in [0.2, 0.25) is 0 Å². The van der Waals surface area contributed by atoms with Crippen LogP contribution in [0, 0.1) is 11.6 Å². The standard InChI is InChI=1S/C14H12BrF2NS/c1-19-10-4-2-9(3-5-10)18-8-11-13(16)7-6-12(15)14(11)17/h2-7,18H,8H2,1H3. The van der Waals surface area contributed by atoms with Gasteiger partial charge in [-0.05, 0) is 58.6 Å². The van der Waals surface area contributed by atoms with E-state index >= 15 is 0 Å². The molecule has 0 aliphatic rings. The van der Waals surface area contributed by atoms with E-state index in [4.69, 9.17) is 0 Å². The molecule has 0 heterocycles. The zero-order valence-electron chi connectivity index (χ0n) is 10.2. The van der Waals surface area contributed by atoms with E-state index in [9.17, 15) is 8.78 Å². The maximum absolute atomic E-state index is 13.8. The molecule has 0 spiro atoms. The Kier molecular flexibility index (Phi) is 4.82. The van der Waals surface area contributed by atoms with Gasteiger partial charge in [-0.15, -0.1) is 11.8 Å². The zero-order valence-corrected chi connectivity index (χ0v) is 12.6. The van der Waals surface area contributed by atoms with E-state index in [0.717, 1.165) is 10.6 Å². The van der Waals surface area contributed by atoms with Crippen molar-refractivity contribution in [2.75, 3.05) is 11.6 Å². The third-order valence-electron chi connectivity index (χ3n) is 2.70. The van der Waals surface area contributed by atoms with E-state index in [1.165, 1.54) is 12.1 Å². The molecule has 100 valence electrons. The summed E-state index contributed by atoms with van der Waals surface area (Å²) in [5.41, 5.74) is 0.861. The van der Waals surface area contributed by atoms with Crippen molar-refractivity contribution in [2.24, 2.45) is 0 Å². The monoisotopic (exact) mass is 343 g/mol. The van der Waals surface area contributed by atoms with Gasteiger partial charge in [0.1, 0.15) is 11.6 Å². The van der Waals surface area contributed by atoms with Crippen molar-refractivity contribution in [1.29, 1.82) is 0 Å². The van der Waals surface area contributed by atoms with E-state index in [2.05, 4.69) is 21.2 Å². The molecule has 0 amide bonds. The number of benzene rings is 2. The molecule has 0 unspecified atom stereocenters. The van der Waals surface area contributed by atoms with Gasteiger partial charge >= 0.3 is 0 Å². The molecular formula is C14H12BrF2NS. The molecule has 0 fully saturated rings. The Hall–Kier alpha value is -1.07. The minimum atomic E-state index is -0.562. The van der Waals surface area contributed by atoms with Crippen molar-refractivity contribution >= 4 is 33.4 Å². The van der Waals surface area contributed by atoms with Gasteiger partial charge < -0.3 is 5.32 Å². The Labute approximate surface area is 123 Å². The Balaban J connectivity index is 2.12. The predicted octanol–water partition coefficient (Wildman–Crippen LogP) is 5.06. The fraction of sp³-hybridized carbons (Fsp3) is 0.143. The van der Waals surface area contributed by atoms with Crippen LogP contribution >= 0.6 is 27.7 Å². The van der Waals surface area contributed by atoms with Gasteiger partial charge in [0.25, 0.3) is 0 Å². The minimum Gasteiger partial charge on any atom is -0.381 e. The summed E-state index contributed by atoms with van der Waals surface area (Å²) in [5.74, 6) is -1.11. The average molecular weight is 344 g/mol. The molecular weight excluding hydrogens is 332 g/mol. The first-order valence-corrected chi connectivity index (χ1v) is 7.64. The number of halogens is 3. The van der Waals surface area contributed by atoms with E-state index in [1.807, 2.05) is 30.5 Å². The number of thioether (sulfide) groups is 1. The summed E-state index contributed by atoms with van der Waals surface area (Å²) in [6.45, 7) is 0.107. The number of anilines is 1. The Morgan fingerprint density at radius 2 is 1.79 bits per heavy atom. The largest absolute Gasteiger partial charge is 0.381 e. The fourth-order valence-electron chi connectivity index (χ4n) is 1.63. The van der Waals surface area contributed by atoms with Gasteiger partial charge in [-0.1, -0.05) is 0 Å². The molecule has 0 aliphatic carbocycles. The van der Waals surface area contributed by atoms with Crippen LogP contribution in [0.15, 0.2) is 45.8 Å². The second kappa shape index (κ2) is 6.39. The topological polar surface area (TPSA) is 12.0 Å². The lowest BCUT2D eigenvalue weighted by Gasteiger charge is -2.10. The van der Waals surface area contributed by atoms with E-state index < -0.39 is 11.6 Å². The molecule has 1 nitrogen and oxygen atoms in total. The molecule has 19 heavy (non-hydrogen) atoms. The molecule has 2 aromatic rings. The SMILES string of the molecule is CSc1ccc(NCc2c(F)ccc(Br)c2F)cc1. The lowest BCUT2D eigenvalue weighted by atomic mass is 10.2. The van der Waals surface area contributed by atoms with Crippen molar-refractivity contribution < 1.29 is 8.78 Å². The maximum Gasteiger partial charge on any atom is 0.145 e.